The molecule has 26 heavy (non-hydrogen) atoms. The molecule has 150 valence electrons. The normalized spacial score (nSPS) is 44.3. The molecule has 1 heterocycles. The molecule has 0 radical (unpaired) electrons. The van der Waals surface area contributed by atoms with Crippen LogP contribution in [0, 0.1) is 0 Å². The van der Waals surface area contributed by atoms with E-state index >= 15 is 0 Å². The number of methoxy groups -OCH3 is 2. The Morgan fingerprint density at radius 2 is 1.92 bits per heavy atom. The van der Waals surface area contributed by atoms with Gasteiger partial charge < -0.3 is 15.2 Å². The number of nitrogens with zero attached hydrogens (tertiary/aromatic N) is 2. The summed E-state index contributed by atoms with van der Waals surface area (Å²) in [5, 5.41) is 11.4. The van der Waals surface area contributed by atoms with Crippen molar-refractivity contribution < 1.29 is 22.4 Å². The summed E-state index contributed by atoms with van der Waals surface area (Å²) >= 11 is 1.70. The Hall–Kier alpha value is -0.300. The van der Waals surface area contributed by atoms with Gasteiger partial charge in [-0.1, -0.05) is 0 Å². The number of rotatable bonds is 5. The molecule has 8 unspecified atom stereocenters. The monoisotopic (exact) mass is 408 g/mol. The number of fused-ring (bicyclic) bond motifs is 1. The molecule has 9 nitrogen and oxygen atoms in total. The molecule has 1 saturated heterocycles. The highest BCUT2D eigenvalue weighted by molar-refractivity contribution is 8.00. The Labute approximate surface area is 158 Å². The van der Waals surface area contributed by atoms with Crippen molar-refractivity contribution in [3.63, 3.8) is 0 Å². The van der Waals surface area contributed by atoms with Crippen molar-refractivity contribution >= 4 is 21.9 Å². The fraction of sp³-hybridized carbons (Fsp3) is 1.00. The highest BCUT2D eigenvalue weighted by atomic mass is 32.2. The van der Waals surface area contributed by atoms with Crippen LogP contribution >= 0.6 is 11.8 Å². The average Bonchev–Trinajstić information content (AvgIpc) is 3.01. The van der Waals surface area contributed by atoms with Gasteiger partial charge in [-0.05, 0) is 25.7 Å². The van der Waals surface area contributed by atoms with E-state index in [2.05, 4.69) is 15.5 Å². The van der Waals surface area contributed by atoms with Crippen LogP contribution in [0.5, 0.6) is 0 Å². The number of azo groups is 1. The van der Waals surface area contributed by atoms with Gasteiger partial charge >= 0.3 is 0 Å². The molecule has 2 aliphatic carbocycles. The van der Waals surface area contributed by atoms with Crippen molar-refractivity contribution in [3.8, 4) is 0 Å². The lowest BCUT2D eigenvalue weighted by molar-refractivity contribution is 0.0477. The molecule has 4 N–H and O–H groups in total. The first-order valence-electron chi connectivity index (χ1n) is 8.90. The first-order valence-corrected chi connectivity index (χ1v) is 11.4. The van der Waals surface area contributed by atoms with Crippen LogP contribution in [-0.2, 0) is 19.6 Å². The highest BCUT2D eigenvalue weighted by Crippen LogP contribution is 2.38. The first kappa shape index (κ1) is 20.4. The molecular formula is C15H28N4O5S2. The third-order valence-corrected chi connectivity index (χ3v) is 8.26. The van der Waals surface area contributed by atoms with E-state index in [1.807, 2.05) is 0 Å². The number of ether oxygens (including phenoxy) is 2. The Bertz CT molecular complexity index is 619. The summed E-state index contributed by atoms with van der Waals surface area (Å²) in [4.78, 5) is 0. The molecule has 3 fully saturated rings. The van der Waals surface area contributed by atoms with Crippen molar-refractivity contribution in [1.29, 1.82) is 0 Å². The topological polar surface area (TPSA) is 136 Å². The molecule has 0 spiro atoms. The number of thioether (sulfide) groups is 1. The molecule has 8 atom stereocenters. The average molecular weight is 409 g/mol. The zero-order chi connectivity index (χ0) is 18.9. The SMILES string of the molecule is COC1CCC2NC(N=NC3CC(OC)C(N)CC3S(=O)(=O)O)SC2C1. The lowest BCUT2D eigenvalue weighted by atomic mass is 9.89. The molecule has 1 aliphatic heterocycles. The molecule has 0 amide bonds. The fourth-order valence-electron chi connectivity index (χ4n) is 4.10. The molecule has 2 saturated carbocycles. The van der Waals surface area contributed by atoms with Crippen LogP contribution in [0.4, 0.5) is 0 Å². The Balaban J connectivity index is 1.66. The predicted octanol–water partition coefficient (Wildman–Crippen LogP) is 0.756. The summed E-state index contributed by atoms with van der Waals surface area (Å²) < 4.78 is 43.8. The predicted molar refractivity (Wildman–Crippen MR) is 98.7 cm³/mol. The van der Waals surface area contributed by atoms with Gasteiger partial charge in [-0.2, -0.15) is 18.6 Å². The van der Waals surface area contributed by atoms with Gasteiger partial charge in [0.25, 0.3) is 10.1 Å². The van der Waals surface area contributed by atoms with E-state index < -0.39 is 27.5 Å². The smallest absolute Gasteiger partial charge is 0.270 e. The second-order valence-electron chi connectivity index (χ2n) is 7.23. The van der Waals surface area contributed by atoms with E-state index in [1.54, 1.807) is 18.9 Å². The number of hydrogen-bond donors (Lipinski definition) is 3. The van der Waals surface area contributed by atoms with Crippen LogP contribution in [0.3, 0.4) is 0 Å². The number of nitrogens with one attached hydrogen (secondary N) is 1. The van der Waals surface area contributed by atoms with E-state index in [0.717, 1.165) is 19.3 Å². The van der Waals surface area contributed by atoms with Gasteiger partial charge in [0.05, 0.1) is 18.2 Å². The molecule has 11 heteroatoms. The molecular weight excluding hydrogens is 380 g/mol. The Kier molecular flexibility index (Phi) is 6.58. The maximum atomic E-state index is 11.7. The second-order valence-corrected chi connectivity index (χ2v) is 10.2. The maximum absolute atomic E-state index is 11.7. The van der Waals surface area contributed by atoms with Crippen LogP contribution in [0.1, 0.15) is 32.1 Å². The van der Waals surface area contributed by atoms with Crippen LogP contribution in [-0.4, -0.2) is 73.5 Å². The lowest BCUT2D eigenvalue weighted by Gasteiger charge is -2.35. The van der Waals surface area contributed by atoms with E-state index in [1.165, 1.54) is 7.11 Å². The van der Waals surface area contributed by atoms with Crippen LogP contribution < -0.4 is 11.1 Å². The fourth-order valence-corrected chi connectivity index (χ4v) is 6.55. The minimum absolute atomic E-state index is 0.104. The Morgan fingerprint density at radius 1 is 1.15 bits per heavy atom. The van der Waals surface area contributed by atoms with E-state index in [-0.39, 0.29) is 24.1 Å². The maximum Gasteiger partial charge on any atom is 0.270 e. The first-order chi connectivity index (χ1) is 12.3. The zero-order valence-corrected chi connectivity index (χ0v) is 16.7. The van der Waals surface area contributed by atoms with Crippen molar-refractivity contribution in [2.45, 2.75) is 78.4 Å². The Morgan fingerprint density at radius 3 is 2.58 bits per heavy atom. The molecule has 3 rings (SSSR count). The molecule has 0 bridgehead atoms. The molecule has 0 aromatic carbocycles. The van der Waals surface area contributed by atoms with Crippen LogP contribution in [0.25, 0.3) is 0 Å². The minimum atomic E-state index is -4.25. The zero-order valence-electron chi connectivity index (χ0n) is 15.0. The summed E-state index contributed by atoms with van der Waals surface area (Å²) in [5.74, 6) is 0. The van der Waals surface area contributed by atoms with Gasteiger partial charge in [0.2, 0.25) is 0 Å². The molecule has 3 aliphatic rings. The summed E-state index contributed by atoms with van der Waals surface area (Å²) in [6.45, 7) is 0. The molecule has 0 aromatic heterocycles. The van der Waals surface area contributed by atoms with Crippen molar-refractivity contribution in [1.82, 2.24) is 5.32 Å². The quantitative estimate of drug-likeness (QED) is 0.448. The van der Waals surface area contributed by atoms with Gasteiger partial charge in [-0.25, -0.2) is 0 Å². The number of nitrogens with two attached hydrogens (primary N) is 1. The van der Waals surface area contributed by atoms with Gasteiger partial charge in [-0.15, -0.1) is 11.8 Å². The lowest BCUT2D eigenvalue weighted by Crippen LogP contribution is -2.51. The van der Waals surface area contributed by atoms with Crippen LogP contribution in [0.15, 0.2) is 10.2 Å². The third kappa shape index (κ3) is 4.57. The van der Waals surface area contributed by atoms with Gasteiger partial charge in [-0.3, -0.25) is 9.87 Å². The molecule has 0 aromatic rings. The van der Waals surface area contributed by atoms with Crippen molar-refractivity contribution in [2.75, 3.05) is 14.2 Å². The van der Waals surface area contributed by atoms with Crippen LogP contribution in [0.2, 0.25) is 0 Å². The summed E-state index contributed by atoms with van der Waals surface area (Å²) in [5.41, 5.74) is 5.75. The second kappa shape index (κ2) is 8.38. The largest absolute Gasteiger partial charge is 0.381 e. The number of hydrogen-bond acceptors (Lipinski definition) is 9. The van der Waals surface area contributed by atoms with Gasteiger partial charge in [0.15, 0.2) is 5.50 Å². The highest BCUT2D eigenvalue weighted by Gasteiger charge is 2.43. The summed E-state index contributed by atoms with van der Waals surface area (Å²) in [6, 6.07) is -0.739. The minimum Gasteiger partial charge on any atom is -0.381 e. The summed E-state index contributed by atoms with van der Waals surface area (Å²) in [6.07, 6.45) is 3.44. The van der Waals surface area contributed by atoms with Gasteiger partial charge in [0.1, 0.15) is 5.25 Å². The summed E-state index contributed by atoms with van der Waals surface area (Å²) in [7, 11) is -0.970. The van der Waals surface area contributed by atoms with E-state index in [0.29, 0.717) is 17.7 Å². The van der Waals surface area contributed by atoms with Gasteiger partial charge in [0, 0.05) is 38.0 Å². The van der Waals surface area contributed by atoms with E-state index in [4.69, 9.17) is 15.2 Å². The standard InChI is InChI=1S/C15H28N4O5S2/c1-23-8-3-4-10-13(5-8)25-15(17-10)19-18-11-7-12(24-2)9(16)6-14(11)26(20,21)22/h8-15,17H,3-7,16H2,1-2H3,(H,20,21,22). The van der Waals surface area contributed by atoms with E-state index in [9.17, 15) is 13.0 Å². The van der Waals surface area contributed by atoms with Crippen molar-refractivity contribution in [3.05, 3.63) is 0 Å². The third-order valence-electron chi connectivity index (χ3n) is 5.63. The van der Waals surface area contributed by atoms with Crippen molar-refractivity contribution in [2.24, 2.45) is 16.0 Å².